The van der Waals surface area contributed by atoms with Crippen LogP contribution in [0.25, 0.3) is 11.1 Å². The van der Waals surface area contributed by atoms with E-state index in [2.05, 4.69) is 4.98 Å². The monoisotopic (exact) mass is 322 g/mol. The Morgan fingerprint density at radius 2 is 2.00 bits per heavy atom. The number of rotatable bonds is 5. The number of carbonyl (C=O) groups excluding carboxylic acids is 1. The van der Waals surface area contributed by atoms with Crippen molar-refractivity contribution in [1.82, 2.24) is 4.98 Å². The molecule has 1 aromatic heterocycles. The first-order chi connectivity index (χ1) is 11.7. The number of nitriles is 1. The van der Waals surface area contributed by atoms with Gasteiger partial charge < -0.3 is 13.9 Å². The highest BCUT2D eigenvalue weighted by atomic mass is 16.6. The Morgan fingerprint density at radius 3 is 2.71 bits per heavy atom. The number of ether oxygens (including phenoxy) is 2. The molecule has 120 valence electrons. The van der Waals surface area contributed by atoms with E-state index < -0.39 is 12.1 Å². The number of hydrogen-bond donors (Lipinski definition) is 0. The van der Waals surface area contributed by atoms with Gasteiger partial charge in [-0.1, -0.05) is 12.1 Å². The zero-order valence-electron chi connectivity index (χ0n) is 12.9. The molecule has 0 amide bonds. The van der Waals surface area contributed by atoms with E-state index in [9.17, 15) is 4.79 Å². The number of para-hydroxylation sites is 2. The minimum absolute atomic E-state index is 0.0609. The van der Waals surface area contributed by atoms with Gasteiger partial charge in [0, 0.05) is 0 Å². The summed E-state index contributed by atoms with van der Waals surface area (Å²) in [5, 5.41) is 8.75. The van der Waals surface area contributed by atoms with E-state index in [0.29, 0.717) is 28.3 Å². The summed E-state index contributed by atoms with van der Waals surface area (Å²) in [7, 11) is 0. The molecule has 6 nitrogen and oxygen atoms in total. The smallest absolute Gasteiger partial charge is 0.347 e. The minimum Gasteiger partial charge on any atom is -0.479 e. The summed E-state index contributed by atoms with van der Waals surface area (Å²) in [6.07, 6.45) is -0.790. The van der Waals surface area contributed by atoms with Gasteiger partial charge in [-0.15, -0.1) is 0 Å². The number of fused-ring (bicyclic) bond motifs is 1. The van der Waals surface area contributed by atoms with Gasteiger partial charge in [0.15, 0.2) is 18.3 Å². The number of esters is 1. The van der Waals surface area contributed by atoms with Crippen LogP contribution >= 0.6 is 0 Å². The zero-order chi connectivity index (χ0) is 16.9. The van der Waals surface area contributed by atoms with Crippen LogP contribution in [-0.2, 0) is 16.1 Å². The fraction of sp³-hybridized carbons (Fsp3) is 0.167. The van der Waals surface area contributed by atoms with Crippen molar-refractivity contribution in [2.24, 2.45) is 0 Å². The summed E-state index contributed by atoms with van der Waals surface area (Å²) in [5.74, 6) is 0.289. The quantitative estimate of drug-likeness (QED) is 0.671. The largest absolute Gasteiger partial charge is 0.479 e. The molecule has 1 atom stereocenters. The third kappa shape index (κ3) is 3.52. The maximum atomic E-state index is 12.0. The number of nitrogens with zero attached hydrogens (tertiary/aromatic N) is 2. The Bertz CT molecular complexity index is 860. The molecule has 0 saturated heterocycles. The van der Waals surface area contributed by atoms with Gasteiger partial charge in [-0.3, -0.25) is 0 Å². The maximum Gasteiger partial charge on any atom is 0.347 e. The summed E-state index contributed by atoms with van der Waals surface area (Å²) in [5.41, 5.74) is 1.88. The molecular formula is C18H14N2O4. The lowest BCUT2D eigenvalue weighted by atomic mass is 10.2. The highest BCUT2D eigenvalue weighted by Crippen LogP contribution is 2.16. The van der Waals surface area contributed by atoms with Crippen molar-refractivity contribution in [2.45, 2.75) is 19.6 Å². The Balaban J connectivity index is 1.56. The van der Waals surface area contributed by atoms with Crippen LogP contribution in [0, 0.1) is 11.3 Å². The summed E-state index contributed by atoms with van der Waals surface area (Å²) in [4.78, 5) is 16.2. The van der Waals surface area contributed by atoms with E-state index in [4.69, 9.17) is 19.2 Å². The minimum atomic E-state index is -0.790. The van der Waals surface area contributed by atoms with Crippen molar-refractivity contribution in [3.63, 3.8) is 0 Å². The van der Waals surface area contributed by atoms with E-state index in [-0.39, 0.29) is 6.61 Å². The Morgan fingerprint density at radius 1 is 1.25 bits per heavy atom. The van der Waals surface area contributed by atoms with Crippen molar-refractivity contribution in [2.75, 3.05) is 0 Å². The molecule has 2 aromatic carbocycles. The van der Waals surface area contributed by atoms with Gasteiger partial charge in [0.25, 0.3) is 0 Å². The fourth-order valence-electron chi connectivity index (χ4n) is 2.09. The van der Waals surface area contributed by atoms with E-state index in [0.717, 1.165) is 0 Å². The van der Waals surface area contributed by atoms with Crippen molar-refractivity contribution in [3.05, 3.63) is 60.0 Å². The first kappa shape index (κ1) is 15.6. The van der Waals surface area contributed by atoms with Crippen LogP contribution in [0.15, 0.2) is 52.9 Å². The molecule has 0 aliphatic rings. The highest BCUT2D eigenvalue weighted by Gasteiger charge is 2.18. The second-order valence-corrected chi connectivity index (χ2v) is 5.08. The lowest BCUT2D eigenvalue weighted by molar-refractivity contribution is -0.153. The van der Waals surface area contributed by atoms with E-state index in [1.54, 1.807) is 37.3 Å². The Hall–Kier alpha value is -3.33. The summed E-state index contributed by atoms with van der Waals surface area (Å²) in [6.45, 7) is 1.53. The molecule has 3 rings (SSSR count). The van der Waals surface area contributed by atoms with Gasteiger partial charge in [0.1, 0.15) is 11.3 Å². The normalized spacial score (nSPS) is 11.7. The molecule has 0 fully saturated rings. The molecule has 0 aliphatic carbocycles. The molecule has 0 bridgehead atoms. The predicted molar refractivity (Wildman–Crippen MR) is 85.1 cm³/mol. The molecule has 0 spiro atoms. The SMILES string of the molecule is C[C@@H](Oc1ccc(C#N)cc1)C(=O)OCc1nc2ccccc2o1. The van der Waals surface area contributed by atoms with Gasteiger partial charge >= 0.3 is 5.97 Å². The van der Waals surface area contributed by atoms with E-state index >= 15 is 0 Å². The van der Waals surface area contributed by atoms with E-state index in [1.807, 2.05) is 24.3 Å². The average molecular weight is 322 g/mol. The van der Waals surface area contributed by atoms with Gasteiger partial charge in [-0.25, -0.2) is 9.78 Å². The van der Waals surface area contributed by atoms with Gasteiger partial charge in [0.05, 0.1) is 11.6 Å². The predicted octanol–water partition coefficient (Wildman–Crippen LogP) is 3.21. The number of hydrogen-bond acceptors (Lipinski definition) is 6. The lowest BCUT2D eigenvalue weighted by Gasteiger charge is -2.13. The van der Waals surface area contributed by atoms with Crippen LogP contribution in [0.4, 0.5) is 0 Å². The second-order valence-electron chi connectivity index (χ2n) is 5.08. The Kier molecular flexibility index (Phi) is 4.43. The van der Waals surface area contributed by atoms with Crippen LogP contribution in [-0.4, -0.2) is 17.1 Å². The number of oxazole rings is 1. The molecule has 1 heterocycles. The summed E-state index contributed by atoms with van der Waals surface area (Å²) >= 11 is 0. The topological polar surface area (TPSA) is 85.3 Å². The van der Waals surface area contributed by atoms with Crippen LogP contribution in [0.2, 0.25) is 0 Å². The maximum absolute atomic E-state index is 12.0. The average Bonchev–Trinajstić information content (AvgIpc) is 3.03. The van der Waals surface area contributed by atoms with Crippen LogP contribution in [0.1, 0.15) is 18.4 Å². The summed E-state index contributed by atoms with van der Waals surface area (Å²) < 4.78 is 16.1. The zero-order valence-corrected chi connectivity index (χ0v) is 12.9. The van der Waals surface area contributed by atoms with Gasteiger partial charge in [-0.05, 0) is 43.3 Å². The van der Waals surface area contributed by atoms with Gasteiger partial charge in [-0.2, -0.15) is 5.26 Å². The van der Waals surface area contributed by atoms with Gasteiger partial charge in [0.2, 0.25) is 5.89 Å². The number of aromatic nitrogens is 1. The van der Waals surface area contributed by atoms with Crippen LogP contribution in [0.3, 0.4) is 0 Å². The van der Waals surface area contributed by atoms with Crippen molar-refractivity contribution < 1.29 is 18.7 Å². The first-order valence-electron chi connectivity index (χ1n) is 7.33. The fourth-order valence-corrected chi connectivity index (χ4v) is 2.09. The molecule has 24 heavy (non-hydrogen) atoms. The second kappa shape index (κ2) is 6.84. The molecule has 0 radical (unpaired) electrons. The molecule has 0 N–H and O–H groups in total. The molecule has 0 aliphatic heterocycles. The summed E-state index contributed by atoms with van der Waals surface area (Å²) in [6, 6.07) is 15.8. The van der Waals surface area contributed by atoms with Crippen molar-refractivity contribution in [3.8, 4) is 11.8 Å². The first-order valence-corrected chi connectivity index (χ1v) is 7.33. The molecule has 0 saturated carbocycles. The third-order valence-corrected chi connectivity index (χ3v) is 3.30. The highest BCUT2D eigenvalue weighted by molar-refractivity contribution is 5.75. The molecule has 0 unspecified atom stereocenters. The Labute approximate surface area is 138 Å². The van der Waals surface area contributed by atoms with Crippen LogP contribution in [0.5, 0.6) is 5.75 Å². The molecule has 3 aromatic rings. The number of carbonyl (C=O) groups is 1. The molecule has 6 heteroatoms. The van der Waals surface area contributed by atoms with E-state index in [1.165, 1.54) is 0 Å². The third-order valence-electron chi connectivity index (χ3n) is 3.30. The van der Waals surface area contributed by atoms with Crippen LogP contribution < -0.4 is 4.74 Å². The standard InChI is InChI=1S/C18H14N2O4/c1-12(23-14-8-6-13(10-19)7-9-14)18(21)22-11-17-20-15-4-2-3-5-16(15)24-17/h2-9,12H,11H2,1H3/t12-/m1/s1. The van der Waals surface area contributed by atoms with Crippen molar-refractivity contribution in [1.29, 1.82) is 5.26 Å². The lowest BCUT2D eigenvalue weighted by Crippen LogP contribution is -2.26. The number of benzene rings is 2. The molecular weight excluding hydrogens is 308 g/mol. The van der Waals surface area contributed by atoms with Crippen molar-refractivity contribution >= 4 is 17.1 Å².